The van der Waals surface area contributed by atoms with Crippen LogP contribution in [0.3, 0.4) is 0 Å². The summed E-state index contributed by atoms with van der Waals surface area (Å²) in [5, 5.41) is 10.1. The lowest BCUT2D eigenvalue weighted by Gasteiger charge is -2.31. The molecular weight excluding hydrogens is 304 g/mol. The third-order valence-corrected chi connectivity index (χ3v) is 5.06. The van der Waals surface area contributed by atoms with Crippen molar-refractivity contribution >= 4 is 17.5 Å². The van der Waals surface area contributed by atoms with Crippen LogP contribution in [0.1, 0.15) is 46.1 Å². The van der Waals surface area contributed by atoms with Gasteiger partial charge in [0.15, 0.2) is 5.69 Å². The van der Waals surface area contributed by atoms with E-state index in [9.17, 15) is 9.59 Å². The number of carbonyl (C=O) groups excluding carboxylic acids is 2. The first-order valence-corrected chi connectivity index (χ1v) is 8.35. The summed E-state index contributed by atoms with van der Waals surface area (Å²) in [5.74, 6) is -0.0762. The number of aromatic amines is 1. The Morgan fingerprint density at radius 1 is 1.38 bits per heavy atom. The van der Waals surface area contributed by atoms with E-state index in [4.69, 9.17) is 0 Å². The molecule has 6 nitrogen and oxygen atoms in total. The molecule has 124 valence electrons. The number of nitrogens with one attached hydrogen (secondary N) is 2. The Kier molecular flexibility index (Phi) is 3.59. The van der Waals surface area contributed by atoms with Crippen molar-refractivity contribution < 1.29 is 9.59 Å². The number of para-hydroxylation sites is 1. The number of aromatic nitrogens is 2. The van der Waals surface area contributed by atoms with E-state index in [2.05, 4.69) is 15.5 Å². The Labute approximate surface area is 140 Å². The maximum Gasteiger partial charge on any atom is 0.272 e. The van der Waals surface area contributed by atoms with Crippen molar-refractivity contribution in [2.75, 3.05) is 18.5 Å². The van der Waals surface area contributed by atoms with Crippen LogP contribution >= 0.6 is 0 Å². The van der Waals surface area contributed by atoms with Crippen molar-refractivity contribution in [3.05, 3.63) is 46.8 Å². The summed E-state index contributed by atoms with van der Waals surface area (Å²) >= 11 is 0. The summed E-state index contributed by atoms with van der Waals surface area (Å²) in [6.45, 7) is 0.442. The zero-order chi connectivity index (χ0) is 16.7. The molecule has 1 aromatic carbocycles. The quantitative estimate of drug-likeness (QED) is 0.903. The van der Waals surface area contributed by atoms with E-state index in [1.165, 1.54) is 0 Å². The summed E-state index contributed by atoms with van der Waals surface area (Å²) in [6, 6.07) is 7.87. The number of carbonyl (C=O) groups is 2. The van der Waals surface area contributed by atoms with Crippen LogP contribution in [0.2, 0.25) is 0 Å². The Balaban J connectivity index is 1.50. The standard InChI is InChI=1S/C18H20N4O2/c1-22-15-8-3-2-5-12(15)11(9-16(22)23)10-19-18(24)17-13-6-4-7-14(13)20-21-17/h2-3,5,8,11H,4,6-7,9-10H2,1H3,(H,19,24)(H,20,21)/t11-/m1/s1. The van der Waals surface area contributed by atoms with Gasteiger partial charge >= 0.3 is 0 Å². The van der Waals surface area contributed by atoms with E-state index in [-0.39, 0.29) is 17.7 Å². The van der Waals surface area contributed by atoms with Gasteiger partial charge in [0.25, 0.3) is 5.91 Å². The largest absolute Gasteiger partial charge is 0.350 e. The van der Waals surface area contributed by atoms with Crippen LogP contribution in [0.4, 0.5) is 5.69 Å². The van der Waals surface area contributed by atoms with Gasteiger partial charge in [-0.3, -0.25) is 14.7 Å². The third kappa shape index (κ3) is 2.38. The summed E-state index contributed by atoms with van der Waals surface area (Å²) in [7, 11) is 1.79. The van der Waals surface area contributed by atoms with E-state index in [1.54, 1.807) is 11.9 Å². The second-order valence-corrected chi connectivity index (χ2v) is 6.51. The molecule has 6 heteroatoms. The molecule has 1 aliphatic carbocycles. The average molecular weight is 324 g/mol. The molecular formula is C18H20N4O2. The summed E-state index contributed by atoms with van der Waals surface area (Å²) < 4.78 is 0. The molecule has 2 aromatic rings. The topological polar surface area (TPSA) is 78.1 Å². The normalized spacial score (nSPS) is 19.1. The highest BCUT2D eigenvalue weighted by Gasteiger charge is 2.30. The van der Waals surface area contributed by atoms with Gasteiger partial charge in [-0.1, -0.05) is 18.2 Å². The number of anilines is 1. The van der Waals surface area contributed by atoms with Gasteiger partial charge in [-0.25, -0.2) is 0 Å². The maximum absolute atomic E-state index is 12.5. The molecule has 4 rings (SSSR count). The van der Waals surface area contributed by atoms with Crippen LogP contribution in [0.25, 0.3) is 0 Å². The van der Waals surface area contributed by atoms with E-state index in [1.807, 2.05) is 24.3 Å². The molecule has 1 aromatic heterocycles. The summed E-state index contributed by atoms with van der Waals surface area (Å²) in [6.07, 6.45) is 3.35. The van der Waals surface area contributed by atoms with Gasteiger partial charge in [0.1, 0.15) is 0 Å². The second kappa shape index (κ2) is 5.78. The second-order valence-electron chi connectivity index (χ2n) is 6.51. The van der Waals surface area contributed by atoms with Crippen LogP contribution in [-0.2, 0) is 17.6 Å². The predicted molar refractivity (Wildman–Crippen MR) is 90.2 cm³/mol. The number of benzene rings is 1. The van der Waals surface area contributed by atoms with Gasteiger partial charge in [0.2, 0.25) is 5.91 Å². The fourth-order valence-corrected chi connectivity index (χ4v) is 3.72. The van der Waals surface area contributed by atoms with Crippen molar-refractivity contribution in [2.45, 2.75) is 31.6 Å². The van der Waals surface area contributed by atoms with Gasteiger partial charge in [-0.15, -0.1) is 0 Å². The fourth-order valence-electron chi connectivity index (χ4n) is 3.72. The van der Waals surface area contributed by atoms with Crippen LogP contribution in [0.15, 0.2) is 24.3 Å². The van der Waals surface area contributed by atoms with Gasteiger partial charge in [0, 0.05) is 42.9 Å². The summed E-state index contributed by atoms with van der Waals surface area (Å²) in [4.78, 5) is 26.4. The minimum atomic E-state index is -0.154. The van der Waals surface area contributed by atoms with Gasteiger partial charge in [0.05, 0.1) is 0 Å². The highest BCUT2D eigenvalue weighted by atomic mass is 16.2. The van der Waals surface area contributed by atoms with Gasteiger partial charge in [-0.2, -0.15) is 5.10 Å². The highest BCUT2D eigenvalue weighted by Crippen LogP contribution is 2.34. The highest BCUT2D eigenvalue weighted by molar-refractivity contribution is 5.97. The smallest absolute Gasteiger partial charge is 0.272 e. The first-order valence-electron chi connectivity index (χ1n) is 8.35. The van der Waals surface area contributed by atoms with E-state index in [0.29, 0.717) is 18.7 Å². The number of rotatable bonds is 3. The lowest BCUT2D eigenvalue weighted by Crippen LogP contribution is -2.38. The SMILES string of the molecule is CN1C(=O)C[C@H](CNC(=O)c2n[nH]c3c2CCC3)c2ccccc21. The average Bonchev–Trinajstić information content (AvgIpc) is 3.20. The van der Waals surface area contributed by atoms with Crippen LogP contribution in [0, 0.1) is 0 Å². The Morgan fingerprint density at radius 2 is 2.21 bits per heavy atom. The van der Waals surface area contributed by atoms with Crippen molar-refractivity contribution in [3.63, 3.8) is 0 Å². The molecule has 1 atom stereocenters. The minimum absolute atomic E-state index is 0.000778. The Morgan fingerprint density at radius 3 is 3.08 bits per heavy atom. The number of hydrogen-bond donors (Lipinski definition) is 2. The molecule has 2 heterocycles. The van der Waals surface area contributed by atoms with Gasteiger partial charge < -0.3 is 10.2 Å². The molecule has 0 unspecified atom stereocenters. The lowest BCUT2D eigenvalue weighted by molar-refractivity contribution is -0.119. The Hall–Kier alpha value is -2.63. The maximum atomic E-state index is 12.5. The molecule has 2 amide bonds. The molecule has 2 aliphatic rings. The molecule has 0 fully saturated rings. The molecule has 0 spiro atoms. The van der Waals surface area contributed by atoms with Crippen molar-refractivity contribution in [1.29, 1.82) is 0 Å². The molecule has 1 aliphatic heterocycles. The lowest BCUT2D eigenvalue weighted by atomic mass is 9.89. The van der Waals surface area contributed by atoms with Crippen LogP contribution in [-0.4, -0.2) is 35.6 Å². The zero-order valence-electron chi connectivity index (χ0n) is 13.6. The number of aryl methyl sites for hydroxylation is 1. The van der Waals surface area contributed by atoms with Crippen LogP contribution < -0.4 is 10.2 Å². The van der Waals surface area contributed by atoms with E-state index in [0.717, 1.165) is 41.8 Å². The number of amides is 2. The fraction of sp³-hybridized carbons (Fsp3) is 0.389. The van der Waals surface area contributed by atoms with E-state index < -0.39 is 0 Å². The monoisotopic (exact) mass is 324 g/mol. The van der Waals surface area contributed by atoms with E-state index >= 15 is 0 Å². The number of H-pyrrole nitrogens is 1. The molecule has 24 heavy (non-hydrogen) atoms. The van der Waals surface area contributed by atoms with Crippen molar-refractivity contribution in [2.24, 2.45) is 0 Å². The number of hydrogen-bond acceptors (Lipinski definition) is 3. The molecule has 0 radical (unpaired) electrons. The first-order chi connectivity index (χ1) is 11.6. The molecule has 2 N–H and O–H groups in total. The predicted octanol–water partition coefficient (Wildman–Crippen LogP) is 1.78. The first kappa shape index (κ1) is 14.9. The van der Waals surface area contributed by atoms with Crippen molar-refractivity contribution in [1.82, 2.24) is 15.5 Å². The Bertz CT molecular complexity index is 811. The number of nitrogens with zero attached hydrogens (tertiary/aromatic N) is 2. The zero-order valence-corrected chi connectivity index (χ0v) is 13.6. The molecule has 0 saturated heterocycles. The molecule has 0 saturated carbocycles. The van der Waals surface area contributed by atoms with Gasteiger partial charge in [-0.05, 0) is 30.9 Å². The summed E-state index contributed by atoms with van der Waals surface area (Å²) in [5.41, 5.74) is 4.67. The molecule has 0 bridgehead atoms. The number of fused-ring (bicyclic) bond motifs is 2. The third-order valence-electron chi connectivity index (χ3n) is 5.06. The minimum Gasteiger partial charge on any atom is -0.350 e. The van der Waals surface area contributed by atoms with Crippen molar-refractivity contribution in [3.8, 4) is 0 Å². The van der Waals surface area contributed by atoms with Crippen LogP contribution in [0.5, 0.6) is 0 Å².